The molecule has 1 unspecified atom stereocenters. The Hall–Kier alpha value is -3.48. The van der Waals surface area contributed by atoms with Crippen molar-refractivity contribution in [2.45, 2.75) is 19.9 Å². The van der Waals surface area contributed by atoms with E-state index in [2.05, 4.69) is 10.6 Å². The lowest BCUT2D eigenvalue weighted by molar-refractivity contribution is -0.142. The van der Waals surface area contributed by atoms with Crippen molar-refractivity contribution in [3.05, 3.63) is 77.2 Å². The van der Waals surface area contributed by atoms with E-state index in [0.29, 0.717) is 11.1 Å². The third kappa shape index (κ3) is 5.77. The van der Waals surface area contributed by atoms with Crippen molar-refractivity contribution < 1.29 is 23.9 Å². The number of carboxylic acid groups (broad SMARTS) is 1. The highest BCUT2D eigenvalue weighted by Crippen LogP contribution is 2.10. The fourth-order valence-corrected chi connectivity index (χ4v) is 2.40. The monoisotopic (exact) mass is 384 g/mol. The molecule has 0 aliphatic carbocycles. The van der Waals surface area contributed by atoms with E-state index in [9.17, 15) is 23.9 Å². The number of rotatable bonds is 7. The summed E-state index contributed by atoms with van der Waals surface area (Å²) in [5.74, 6) is -3.27. The van der Waals surface area contributed by atoms with Crippen LogP contribution in [0.1, 0.15) is 29.8 Å². The normalized spacial score (nSPS) is 12.4. The second-order valence-electron chi connectivity index (χ2n) is 6.46. The lowest BCUT2D eigenvalue weighted by Crippen LogP contribution is -2.47. The number of hydrogen-bond donors (Lipinski definition) is 3. The summed E-state index contributed by atoms with van der Waals surface area (Å²) in [6.45, 7) is 3.32. The first kappa shape index (κ1) is 20.8. The lowest BCUT2D eigenvalue weighted by atomic mass is 10.0. The first-order valence-electron chi connectivity index (χ1n) is 8.65. The largest absolute Gasteiger partial charge is 0.480 e. The van der Waals surface area contributed by atoms with Crippen LogP contribution in [-0.4, -0.2) is 28.9 Å². The van der Waals surface area contributed by atoms with Gasteiger partial charge >= 0.3 is 5.97 Å². The maximum atomic E-state index is 13.1. The van der Waals surface area contributed by atoms with E-state index in [1.807, 2.05) is 0 Å². The summed E-state index contributed by atoms with van der Waals surface area (Å²) < 4.78 is 13.1. The van der Waals surface area contributed by atoms with Crippen LogP contribution < -0.4 is 10.6 Å². The minimum atomic E-state index is -1.18. The number of halogens is 1. The molecule has 0 aliphatic heterocycles. The van der Waals surface area contributed by atoms with Gasteiger partial charge in [0.25, 0.3) is 11.8 Å². The molecule has 2 rings (SSSR count). The van der Waals surface area contributed by atoms with Crippen LogP contribution in [0.25, 0.3) is 6.08 Å². The molecule has 0 aliphatic rings. The molecule has 0 fully saturated rings. The highest BCUT2D eigenvalue weighted by molar-refractivity contribution is 6.06. The first-order valence-corrected chi connectivity index (χ1v) is 8.65. The summed E-state index contributed by atoms with van der Waals surface area (Å²) in [6.07, 6.45) is 1.36. The minimum Gasteiger partial charge on any atom is -0.480 e. The van der Waals surface area contributed by atoms with Gasteiger partial charge in [-0.15, -0.1) is 0 Å². The second kappa shape index (κ2) is 9.45. The van der Waals surface area contributed by atoms with Gasteiger partial charge in [0, 0.05) is 5.56 Å². The molecule has 6 nitrogen and oxygen atoms in total. The molecule has 1 atom stereocenters. The zero-order valence-electron chi connectivity index (χ0n) is 15.5. The van der Waals surface area contributed by atoms with Gasteiger partial charge in [0.2, 0.25) is 0 Å². The molecule has 28 heavy (non-hydrogen) atoms. The zero-order chi connectivity index (χ0) is 20.7. The second-order valence-corrected chi connectivity index (χ2v) is 6.46. The Kier molecular flexibility index (Phi) is 7.03. The predicted molar refractivity (Wildman–Crippen MR) is 103 cm³/mol. The van der Waals surface area contributed by atoms with Gasteiger partial charge in [-0.2, -0.15) is 0 Å². The van der Waals surface area contributed by atoms with Crippen molar-refractivity contribution in [1.82, 2.24) is 10.6 Å². The Morgan fingerprint density at radius 3 is 2.14 bits per heavy atom. The van der Waals surface area contributed by atoms with Gasteiger partial charge in [-0.25, -0.2) is 9.18 Å². The average Bonchev–Trinajstić information content (AvgIpc) is 2.67. The minimum absolute atomic E-state index is 0.146. The highest BCUT2D eigenvalue weighted by Gasteiger charge is 2.25. The van der Waals surface area contributed by atoms with E-state index in [4.69, 9.17) is 0 Å². The Morgan fingerprint density at radius 2 is 1.61 bits per heavy atom. The fourth-order valence-electron chi connectivity index (χ4n) is 2.40. The van der Waals surface area contributed by atoms with Gasteiger partial charge in [-0.1, -0.05) is 44.2 Å². The SMILES string of the molecule is CC(C)C(NC(=O)/C(=C\c1ccc(F)cc1)NC(=O)c1ccccc1)C(=O)O. The van der Waals surface area contributed by atoms with Crippen LogP contribution in [0.3, 0.4) is 0 Å². The zero-order valence-corrected chi connectivity index (χ0v) is 15.5. The maximum Gasteiger partial charge on any atom is 0.326 e. The van der Waals surface area contributed by atoms with Crippen LogP contribution in [0.4, 0.5) is 4.39 Å². The molecular formula is C21H21FN2O4. The molecule has 0 radical (unpaired) electrons. The Morgan fingerprint density at radius 1 is 1.00 bits per heavy atom. The molecule has 0 heterocycles. The molecule has 0 aromatic heterocycles. The van der Waals surface area contributed by atoms with Crippen molar-refractivity contribution in [3.8, 4) is 0 Å². The summed E-state index contributed by atoms with van der Waals surface area (Å²) >= 11 is 0. The number of carbonyl (C=O) groups excluding carboxylic acids is 2. The van der Waals surface area contributed by atoms with Crippen molar-refractivity contribution in [3.63, 3.8) is 0 Å². The molecule has 2 aromatic carbocycles. The van der Waals surface area contributed by atoms with E-state index < -0.39 is 29.6 Å². The Labute approximate surface area is 162 Å². The number of nitrogens with one attached hydrogen (secondary N) is 2. The predicted octanol–water partition coefficient (Wildman–Crippen LogP) is 2.82. The molecule has 0 saturated carbocycles. The lowest BCUT2D eigenvalue weighted by Gasteiger charge is -2.19. The molecule has 0 bridgehead atoms. The molecule has 7 heteroatoms. The van der Waals surface area contributed by atoms with Crippen molar-refractivity contribution in [2.24, 2.45) is 5.92 Å². The summed E-state index contributed by atoms with van der Waals surface area (Å²) in [7, 11) is 0. The number of amides is 2. The van der Waals surface area contributed by atoms with Crippen LogP contribution in [-0.2, 0) is 9.59 Å². The smallest absolute Gasteiger partial charge is 0.326 e. The third-order valence-corrected chi connectivity index (χ3v) is 3.93. The quantitative estimate of drug-likeness (QED) is 0.640. The van der Waals surface area contributed by atoms with Crippen LogP contribution in [0.5, 0.6) is 0 Å². The Bertz CT molecular complexity index is 877. The standard InChI is InChI=1S/C21H21FN2O4/c1-13(2)18(21(27)28)24-20(26)17(12-14-8-10-16(22)11-9-14)23-19(25)15-6-4-3-5-7-15/h3-13,18H,1-2H3,(H,23,25)(H,24,26)(H,27,28)/b17-12+. The number of carbonyl (C=O) groups is 3. The number of benzene rings is 2. The molecular weight excluding hydrogens is 363 g/mol. The van der Waals surface area contributed by atoms with Crippen LogP contribution in [0, 0.1) is 11.7 Å². The maximum absolute atomic E-state index is 13.1. The van der Waals surface area contributed by atoms with E-state index in [0.717, 1.165) is 0 Å². The molecule has 146 valence electrons. The van der Waals surface area contributed by atoms with Crippen LogP contribution in [0.15, 0.2) is 60.3 Å². The molecule has 2 amide bonds. The van der Waals surface area contributed by atoms with Crippen LogP contribution in [0.2, 0.25) is 0 Å². The number of hydrogen-bond acceptors (Lipinski definition) is 3. The van der Waals surface area contributed by atoms with Gasteiger partial charge in [0.15, 0.2) is 0 Å². The summed E-state index contributed by atoms with van der Waals surface area (Å²) in [4.78, 5) is 36.5. The topological polar surface area (TPSA) is 95.5 Å². The number of aliphatic carboxylic acids is 1. The van der Waals surface area contributed by atoms with Gasteiger partial charge in [0.1, 0.15) is 17.6 Å². The van der Waals surface area contributed by atoms with E-state index in [1.165, 1.54) is 30.3 Å². The first-order chi connectivity index (χ1) is 13.3. The average molecular weight is 384 g/mol. The van der Waals surface area contributed by atoms with Crippen molar-refractivity contribution in [1.29, 1.82) is 0 Å². The molecule has 0 saturated heterocycles. The summed E-state index contributed by atoms with van der Waals surface area (Å²) in [5.41, 5.74) is 0.655. The van der Waals surface area contributed by atoms with E-state index >= 15 is 0 Å². The van der Waals surface area contributed by atoms with Crippen molar-refractivity contribution in [2.75, 3.05) is 0 Å². The van der Waals surface area contributed by atoms with Gasteiger partial charge in [-0.3, -0.25) is 9.59 Å². The highest BCUT2D eigenvalue weighted by atomic mass is 19.1. The van der Waals surface area contributed by atoms with Gasteiger partial charge < -0.3 is 15.7 Å². The van der Waals surface area contributed by atoms with Gasteiger partial charge in [0.05, 0.1) is 0 Å². The van der Waals surface area contributed by atoms with Crippen molar-refractivity contribution >= 4 is 23.9 Å². The molecule has 0 spiro atoms. The fraction of sp³-hybridized carbons (Fsp3) is 0.190. The van der Waals surface area contributed by atoms with Gasteiger partial charge in [-0.05, 0) is 41.8 Å². The summed E-state index contributed by atoms with van der Waals surface area (Å²) in [5, 5.41) is 14.2. The molecule has 3 N–H and O–H groups in total. The Balaban J connectivity index is 2.32. The van der Waals surface area contributed by atoms with Crippen LogP contribution >= 0.6 is 0 Å². The molecule has 2 aromatic rings. The van der Waals surface area contributed by atoms with E-state index in [1.54, 1.807) is 44.2 Å². The van der Waals surface area contributed by atoms with E-state index in [-0.39, 0.29) is 11.6 Å². The third-order valence-electron chi connectivity index (χ3n) is 3.93. The summed E-state index contributed by atoms with van der Waals surface area (Å²) in [6, 6.07) is 12.5. The number of carboxylic acids is 1.